The molecule has 0 bridgehead atoms. The van der Waals surface area contributed by atoms with E-state index in [9.17, 15) is 5.11 Å². The van der Waals surface area contributed by atoms with Crippen LogP contribution in [0.25, 0.3) is 5.57 Å². The van der Waals surface area contributed by atoms with Gasteiger partial charge in [0.15, 0.2) is 0 Å². The predicted octanol–water partition coefficient (Wildman–Crippen LogP) is 3.42. The first-order chi connectivity index (χ1) is 7.70. The average Bonchev–Trinajstić information content (AvgIpc) is 2.29. The molecule has 0 saturated carbocycles. The highest BCUT2D eigenvalue weighted by Gasteiger charge is 2.15. The average molecular weight is 211 g/mol. The van der Waals surface area contributed by atoms with Crippen LogP contribution in [0.1, 0.15) is 24.5 Å². The second-order valence-electron chi connectivity index (χ2n) is 4.07. The summed E-state index contributed by atoms with van der Waals surface area (Å²) in [4.78, 5) is 0. The van der Waals surface area contributed by atoms with E-state index >= 15 is 0 Å². The lowest BCUT2D eigenvalue weighted by molar-refractivity contribution is 0.372. The van der Waals surface area contributed by atoms with Crippen molar-refractivity contribution in [1.82, 2.24) is 0 Å². The SMILES string of the molecule is CC1CC(O)=CC=C1c1ccc(C#N)cc1. The van der Waals surface area contributed by atoms with Gasteiger partial charge in [-0.15, -0.1) is 0 Å². The Hall–Kier alpha value is -2.01. The second kappa shape index (κ2) is 4.24. The zero-order chi connectivity index (χ0) is 11.5. The van der Waals surface area contributed by atoms with E-state index in [-0.39, 0.29) is 0 Å². The van der Waals surface area contributed by atoms with Crippen LogP contribution in [0.4, 0.5) is 0 Å². The van der Waals surface area contributed by atoms with Gasteiger partial charge in [0.2, 0.25) is 0 Å². The maximum Gasteiger partial charge on any atom is 0.0991 e. The minimum Gasteiger partial charge on any atom is -0.512 e. The van der Waals surface area contributed by atoms with Crippen molar-refractivity contribution in [3.05, 3.63) is 53.3 Å². The Morgan fingerprint density at radius 3 is 2.50 bits per heavy atom. The van der Waals surface area contributed by atoms with Crippen LogP contribution in [0.5, 0.6) is 0 Å². The number of hydrogen-bond donors (Lipinski definition) is 1. The summed E-state index contributed by atoms with van der Waals surface area (Å²) < 4.78 is 0. The van der Waals surface area contributed by atoms with Crippen LogP contribution in [0.15, 0.2) is 42.2 Å². The van der Waals surface area contributed by atoms with Crippen molar-refractivity contribution in [2.75, 3.05) is 0 Å². The summed E-state index contributed by atoms with van der Waals surface area (Å²) in [5.74, 6) is 0.753. The molecule has 0 spiro atoms. The van der Waals surface area contributed by atoms with Gasteiger partial charge >= 0.3 is 0 Å². The van der Waals surface area contributed by atoms with E-state index in [1.807, 2.05) is 30.3 Å². The van der Waals surface area contributed by atoms with Crippen molar-refractivity contribution in [2.45, 2.75) is 13.3 Å². The van der Waals surface area contributed by atoms with Gasteiger partial charge in [-0.2, -0.15) is 5.26 Å². The molecule has 80 valence electrons. The summed E-state index contributed by atoms with van der Waals surface area (Å²) in [6.45, 7) is 2.09. The van der Waals surface area contributed by atoms with Gasteiger partial charge < -0.3 is 5.11 Å². The summed E-state index contributed by atoms with van der Waals surface area (Å²) in [5, 5.41) is 18.1. The van der Waals surface area contributed by atoms with Crippen LogP contribution in [-0.2, 0) is 0 Å². The molecule has 16 heavy (non-hydrogen) atoms. The van der Waals surface area contributed by atoms with Crippen LogP contribution >= 0.6 is 0 Å². The highest BCUT2D eigenvalue weighted by molar-refractivity contribution is 5.70. The molecule has 2 rings (SSSR count). The summed E-state index contributed by atoms with van der Waals surface area (Å²) in [5.41, 5.74) is 3.00. The monoisotopic (exact) mass is 211 g/mol. The number of allylic oxidation sites excluding steroid dienone is 4. The van der Waals surface area contributed by atoms with E-state index in [1.165, 1.54) is 5.57 Å². The Balaban J connectivity index is 2.34. The maximum absolute atomic E-state index is 9.40. The Morgan fingerprint density at radius 1 is 1.25 bits per heavy atom. The molecule has 1 aliphatic carbocycles. The van der Waals surface area contributed by atoms with E-state index in [0.29, 0.717) is 23.7 Å². The van der Waals surface area contributed by atoms with Gasteiger partial charge in [0.05, 0.1) is 17.4 Å². The zero-order valence-electron chi connectivity index (χ0n) is 9.14. The van der Waals surface area contributed by atoms with Crippen molar-refractivity contribution in [3.63, 3.8) is 0 Å². The third-order valence-electron chi connectivity index (χ3n) is 2.85. The minimum absolute atomic E-state index is 0.318. The maximum atomic E-state index is 9.40. The molecule has 1 aliphatic rings. The lowest BCUT2D eigenvalue weighted by Gasteiger charge is -2.19. The van der Waals surface area contributed by atoms with Gasteiger partial charge in [-0.3, -0.25) is 0 Å². The van der Waals surface area contributed by atoms with Crippen LogP contribution in [0.3, 0.4) is 0 Å². The quantitative estimate of drug-likeness (QED) is 0.773. The first kappa shape index (κ1) is 10.5. The molecule has 0 radical (unpaired) electrons. The first-order valence-corrected chi connectivity index (χ1v) is 5.31. The summed E-state index contributed by atoms with van der Waals surface area (Å²) >= 11 is 0. The normalized spacial score (nSPS) is 19.6. The summed E-state index contributed by atoms with van der Waals surface area (Å²) in [7, 11) is 0. The Morgan fingerprint density at radius 2 is 1.94 bits per heavy atom. The van der Waals surface area contributed by atoms with Crippen molar-refractivity contribution < 1.29 is 5.11 Å². The fourth-order valence-electron chi connectivity index (χ4n) is 1.96. The van der Waals surface area contributed by atoms with Crippen molar-refractivity contribution in [3.8, 4) is 6.07 Å². The third-order valence-corrected chi connectivity index (χ3v) is 2.85. The van der Waals surface area contributed by atoms with E-state index < -0.39 is 0 Å². The van der Waals surface area contributed by atoms with Crippen LogP contribution in [0.2, 0.25) is 0 Å². The van der Waals surface area contributed by atoms with E-state index in [1.54, 1.807) is 6.08 Å². The van der Waals surface area contributed by atoms with Crippen molar-refractivity contribution in [2.24, 2.45) is 5.92 Å². The van der Waals surface area contributed by atoms with E-state index in [4.69, 9.17) is 5.26 Å². The number of nitriles is 1. The van der Waals surface area contributed by atoms with Gasteiger partial charge in [-0.1, -0.05) is 25.1 Å². The van der Waals surface area contributed by atoms with Crippen LogP contribution in [-0.4, -0.2) is 5.11 Å². The fourth-order valence-corrected chi connectivity index (χ4v) is 1.96. The molecule has 1 N–H and O–H groups in total. The smallest absolute Gasteiger partial charge is 0.0991 e. The van der Waals surface area contributed by atoms with Gasteiger partial charge in [0.25, 0.3) is 0 Å². The fraction of sp³-hybridized carbons (Fsp3) is 0.214. The number of hydrogen-bond acceptors (Lipinski definition) is 2. The molecule has 0 amide bonds. The highest BCUT2D eigenvalue weighted by atomic mass is 16.3. The molecule has 2 heteroatoms. The largest absolute Gasteiger partial charge is 0.512 e. The molecule has 1 aromatic carbocycles. The highest BCUT2D eigenvalue weighted by Crippen LogP contribution is 2.31. The molecule has 1 unspecified atom stereocenters. The van der Waals surface area contributed by atoms with Crippen molar-refractivity contribution in [1.29, 1.82) is 5.26 Å². The summed E-state index contributed by atoms with van der Waals surface area (Å²) in [6.07, 6.45) is 4.38. The lowest BCUT2D eigenvalue weighted by Crippen LogP contribution is -2.04. The van der Waals surface area contributed by atoms with E-state index in [2.05, 4.69) is 13.0 Å². The van der Waals surface area contributed by atoms with Gasteiger partial charge in [0.1, 0.15) is 0 Å². The Kier molecular flexibility index (Phi) is 2.78. The first-order valence-electron chi connectivity index (χ1n) is 5.31. The van der Waals surface area contributed by atoms with E-state index in [0.717, 1.165) is 5.56 Å². The molecule has 2 nitrogen and oxygen atoms in total. The molecule has 1 aromatic rings. The van der Waals surface area contributed by atoms with Crippen LogP contribution < -0.4 is 0 Å². The van der Waals surface area contributed by atoms with Crippen molar-refractivity contribution >= 4 is 5.57 Å². The van der Waals surface area contributed by atoms with Gasteiger partial charge in [-0.05, 0) is 35.3 Å². The Labute approximate surface area is 95.2 Å². The molecule has 0 aromatic heterocycles. The molecule has 0 heterocycles. The molecule has 0 saturated heterocycles. The number of aliphatic hydroxyl groups is 1. The van der Waals surface area contributed by atoms with Gasteiger partial charge in [0, 0.05) is 6.42 Å². The number of nitrogens with zero attached hydrogens (tertiary/aromatic N) is 1. The zero-order valence-corrected chi connectivity index (χ0v) is 9.14. The molecule has 1 atom stereocenters. The number of rotatable bonds is 1. The predicted molar refractivity (Wildman–Crippen MR) is 63.6 cm³/mol. The minimum atomic E-state index is 0.318. The third kappa shape index (κ3) is 1.99. The molecule has 0 fully saturated rings. The number of benzene rings is 1. The molecular weight excluding hydrogens is 198 g/mol. The summed E-state index contributed by atoms with van der Waals surface area (Å²) in [6, 6.07) is 9.66. The molecule has 0 aliphatic heterocycles. The van der Waals surface area contributed by atoms with Gasteiger partial charge in [-0.25, -0.2) is 0 Å². The number of aliphatic hydroxyl groups excluding tert-OH is 1. The van der Waals surface area contributed by atoms with Crippen LogP contribution in [0, 0.1) is 17.2 Å². The Bertz CT molecular complexity index is 488. The lowest BCUT2D eigenvalue weighted by atomic mass is 9.87. The standard InChI is InChI=1S/C14H13NO/c1-10-8-13(16)6-7-14(10)12-4-2-11(9-15)3-5-12/h2-7,10,16H,8H2,1H3. The molecular formula is C14H13NO. The second-order valence-corrected chi connectivity index (χ2v) is 4.07. The topological polar surface area (TPSA) is 44.0 Å².